The minimum Gasteiger partial charge on any atom is -0.389 e. The molecule has 3 rings (SSSR count). The van der Waals surface area contributed by atoms with E-state index in [0.717, 1.165) is 38.5 Å². The van der Waals surface area contributed by atoms with Gasteiger partial charge in [-0.1, -0.05) is 37.1 Å². The fourth-order valence-corrected chi connectivity index (χ4v) is 3.73. The van der Waals surface area contributed by atoms with Crippen molar-refractivity contribution >= 4 is 5.91 Å². The Bertz CT molecular complexity index is 505. The summed E-state index contributed by atoms with van der Waals surface area (Å²) >= 11 is 0. The first kappa shape index (κ1) is 13.6. The van der Waals surface area contributed by atoms with Gasteiger partial charge in [-0.15, -0.1) is 0 Å². The zero-order valence-electron chi connectivity index (χ0n) is 12.1. The summed E-state index contributed by atoms with van der Waals surface area (Å²) in [5, 5.41) is 10.4. The lowest BCUT2D eigenvalue weighted by atomic mass is 9.96. The number of amides is 1. The van der Waals surface area contributed by atoms with E-state index in [1.807, 2.05) is 18.0 Å². The smallest absolute Gasteiger partial charge is 0.225 e. The lowest BCUT2D eigenvalue weighted by Gasteiger charge is -2.29. The van der Waals surface area contributed by atoms with Crippen molar-refractivity contribution < 1.29 is 9.90 Å². The van der Waals surface area contributed by atoms with E-state index in [2.05, 4.69) is 18.2 Å². The number of fused-ring (bicyclic) bond motifs is 1. The van der Waals surface area contributed by atoms with Gasteiger partial charge >= 0.3 is 0 Å². The molecule has 0 saturated heterocycles. The molecule has 0 aliphatic heterocycles. The molecular formula is C17H23NO2. The second kappa shape index (κ2) is 5.21. The molecule has 3 nitrogen and oxygen atoms in total. The maximum absolute atomic E-state index is 12.5. The Hall–Kier alpha value is -1.35. The molecule has 0 heterocycles. The number of carbonyl (C=O) groups excluding carboxylic acids is 1. The standard InChI is InChI=1S/C17H23NO2/c1-18(16(19)12-17(20)10-4-5-11-17)15-9-8-13-6-2-3-7-14(13)15/h2-3,6-7,15,20H,4-5,8-12H2,1H3. The highest BCUT2D eigenvalue weighted by Gasteiger charge is 2.36. The molecule has 1 amide bonds. The van der Waals surface area contributed by atoms with Crippen molar-refractivity contribution in [2.24, 2.45) is 0 Å². The monoisotopic (exact) mass is 273 g/mol. The molecule has 1 saturated carbocycles. The van der Waals surface area contributed by atoms with E-state index >= 15 is 0 Å². The minimum atomic E-state index is -0.747. The summed E-state index contributed by atoms with van der Waals surface area (Å²) in [6, 6.07) is 8.56. The number of nitrogens with zero attached hydrogens (tertiary/aromatic N) is 1. The van der Waals surface area contributed by atoms with Crippen molar-refractivity contribution in [1.29, 1.82) is 0 Å². The molecule has 1 aromatic rings. The second-order valence-corrected chi connectivity index (χ2v) is 6.37. The number of hydrogen-bond donors (Lipinski definition) is 1. The van der Waals surface area contributed by atoms with Crippen LogP contribution in [0.1, 0.15) is 55.7 Å². The highest BCUT2D eigenvalue weighted by molar-refractivity contribution is 5.77. The number of aliphatic hydroxyl groups is 1. The molecule has 0 bridgehead atoms. The number of hydrogen-bond acceptors (Lipinski definition) is 2. The summed E-state index contributed by atoms with van der Waals surface area (Å²) in [7, 11) is 1.88. The predicted octanol–water partition coefficient (Wildman–Crippen LogP) is 2.83. The molecule has 3 heteroatoms. The van der Waals surface area contributed by atoms with Gasteiger partial charge in [-0.25, -0.2) is 0 Å². The highest BCUT2D eigenvalue weighted by atomic mass is 16.3. The van der Waals surface area contributed by atoms with Crippen LogP contribution in [0, 0.1) is 0 Å². The average molecular weight is 273 g/mol. The number of aryl methyl sites for hydroxylation is 1. The molecular weight excluding hydrogens is 250 g/mol. The molecule has 1 atom stereocenters. The van der Waals surface area contributed by atoms with E-state index < -0.39 is 5.60 Å². The van der Waals surface area contributed by atoms with Crippen LogP contribution in [0.25, 0.3) is 0 Å². The van der Waals surface area contributed by atoms with Gasteiger partial charge in [0.1, 0.15) is 0 Å². The Balaban J connectivity index is 1.70. The van der Waals surface area contributed by atoms with Gasteiger partial charge in [0.15, 0.2) is 0 Å². The van der Waals surface area contributed by atoms with Crippen LogP contribution in [0.3, 0.4) is 0 Å². The van der Waals surface area contributed by atoms with Crippen molar-refractivity contribution in [2.75, 3.05) is 7.05 Å². The zero-order valence-corrected chi connectivity index (χ0v) is 12.1. The molecule has 0 aromatic heterocycles. The van der Waals surface area contributed by atoms with Gasteiger partial charge < -0.3 is 10.0 Å². The Morgan fingerprint density at radius 2 is 2.05 bits per heavy atom. The third-order valence-electron chi connectivity index (χ3n) is 4.98. The molecule has 1 N–H and O–H groups in total. The Morgan fingerprint density at radius 1 is 1.35 bits per heavy atom. The summed E-state index contributed by atoms with van der Waals surface area (Å²) in [5.41, 5.74) is 1.89. The Labute approximate surface area is 120 Å². The lowest BCUT2D eigenvalue weighted by molar-refractivity contribution is -0.137. The maximum atomic E-state index is 12.5. The highest BCUT2D eigenvalue weighted by Crippen LogP contribution is 2.37. The summed E-state index contributed by atoms with van der Waals surface area (Å²) in [4.78, 5) is 14.3. The van der Waals surface area contributed by atoms with Gasteiger partial charge in [0, 0.05) is 7.05 Å². The van der Waals surface area contributed by atoms with E-state index in [0.29, 0.717) is 0 Å². The van der Waals surface area contributed by atoms with Crippen LogP contribution >= 0.6 is 0 Å². The van der Waals surface area contributed by atoms with Gasteiger partial charge in [0.25, 0.3) is 0 Å². The molecule has 1 fully saturated rings. The molecule has 1 unspecified atom stereocenters. The second-order valence-electron chi connectivity index (χ2n) is 6.37. The first-order valence-electron chi connectivity index (χ1n) is 7.65. The van der Waals surface area contributed by atoms with Crippen molar-refractivity contribution in [1.82, 2.24) is 4.90 Å². The molecule has 0 spiro atoms. The molecule has 0 radical (unpaired) electrons. The average Bonchev–Trinajstić information content (AvgIpc) is 3.04. The van der Waals surface area contributed by atoms with E-state index in [1.54, 1.807) is 0 Å². The van der Waals surface area contributed by atoms with E-state index in [1.165, 1.54) is 11.1 Å². The number of benzene rings is 1. The summed E-state index contributed by atoms with van der Waals surface area (Å²) in [6.07, 6.45) is 5.95. The SMILES string of the molecule is CN(C(=O)CC1(O)CCCC1)C1CCc2ccccc21. The van der Waals surface area contributed by atoms with Crippen molar-refractivity contribution in [3.05, 3.63) is 35.4 Å². The Morgan fingerprint density at radius 3 is 2.80 bits per heavy atom. The molecule has 108 valence electrons. The van der Waals surface area contributed by atoms with Crippen molar-refractivity contribution in [3.8, 4) is 0 Å². The van der Waals surface area contributed by atoms with E-state index in [-0.39, 0.29) is 18.4 Å². The van der Waals surface area contributed by atoms with E-state index in [9.17, 15) is 9.90 Å². The van der Waals surface area contributed by atoms with E-state index in [4.69, 9.17) is 0 Å². The van der Waals surface area contributed by atoms with Gasteiger partial charge in [-0.3, -0.25) is 4.79 Å². The summed E-state index contributed by atoms with van der Waals surface area (Å²) in [5.74, 6) is 0.0797. The molecule has 1 aromatic carbocycles. The Kier molecular flexibility index (Phi) is 3.55. The largest absolute Gasteiger partial charge is 0.389 e. The van der Waals surface area contributed by atoms with Gasteiger partial charge in [0.2, 0.25) is 5.91 Å². The topological polar surface area (TPSA) is 40.5 Å². The van der Waals surface area contributed by atoms with Crippen LogP contribution in [-0.4, -0.2) is 28.6 Å². The van der Waals surface area contributed by atoms with Crippen LogP contribution in [0.4, 0.5) is 0 Å². The van der Waals surface area contributed by atoms with Gasteiger partial charge in [0.05, 0.1) is 18.1 Å². The predicted molar refractivity (Wildman–Crippen MR) is 78.3 cm³/mol. The lowest BCUT2D eigenvalue weighted by Crippen LogP contribution is -2.37. The fraction of sp³-hybridized carbons (Fsp3) is 0.588. The fourth-order valence-electron chi connectivity index (χ4n) is 3.73. The molecule has 2 aliphatic rings. The third kappa shape index (κ3) is 2.47. The van der Waals surface area contributed by atoms with Crippen molar-refractivity contribution in [2.45, 2.75) is 56.6 Å². The van der Waals surface area contributed by atoms with Crippen LogP contribution < -0.4 is 0 Å². The van der Waals surface area contributed by atoms with Crippen LogP contribution in [0.2, 0.25) is 0 Å². The van der Waals surface area contributed by atoms with Crippen LogP contribution in [-0.2, 0) is 11.2 Å². The van der Waals surface area contributed by atoms with Crippen LogP contribution in [0.15, 0.2) is 24.3 Å². The quantitative estimate of drug-likeness (QED) is 0.920. The van der Waals surface area contributed by atoms with Gasteiger partial charge in [-0.2, -0.15) is 0 Å². The molecule has 20 heavy (non-hydrogen) atoms. The third-order valence-corrected chi connectivity index (χ3v) is 4.98. The van der Waals surface area contributed by atoms with Crippen molar-refractivity contribution in [3.63, 3.8) is 0 Å². The maximum Gasteiger partial charge on any atom is 0.225 e. The molecule has 2 aliphatic carbocycles. The zero-order chi connectivity index (χ0) is 14.2. The van der Waals surface area contributed by atoms with Crippen LogP contribution in [0.5, 0.6) is 0 Å². The number of carbonyl (C=O) groups is 1. The number of rotatable bonds is 3. The first-order chi connectivity index (χ1) is 9.59. The normalized spacial score (nSPS) is 23.6. The minimum absolute atomic E-state index is 0.0797. The van der Waals surface area contributed by atoms with Gasteiger partial charge in [-0.05, 0) is 36.8 Å². The summed E-state index contributed by atoms with van der Waals surface area (Å²) in [6.45, 7) is 0. The summed E-state index contributed by atoms with van der Waals surface area (Å²) < 4.78 is 0. The first-order valence-corrected chi connectivity index (χ1v) is 7.65.